The van der Waals surface area contributed by atoms with Crippen LogP contribution in [0.3, 0.4) is 0 Å². The van der Waals surface area contributed by atoms with E-state index in [1.54, 1.807) is 25.0 Å². The van der Waals surface area contributed by atoms with Crippen LogP contribution >= 0.6 is 0 Å². The van der Waals surface area contributed by atoms with Gasteiger partial charge in [0, 0.05) is 5.82 Å². The number of halogens is 1. The van der Waals surface area contributed by atoms with Gasteiger partial charge in [0.2, 0.25) is 0 Å². The molecule has 1 aromatic heterocycles. The largest absolute Gasteiger partial charge is 2.00 e. The Bertz CT molecular complexity index is 432. The zero-order valence-corrected chi connectivity index (χ0v) is 13.5. The Hall–Kier alpha value is -1.05. The van der Waals surface area contributed by atoms with Crippen LogP contribution in [0.15, 0.2) is 43.0 Å². The fourth-order valence-electron chi connectivity index (χ4n) is 1.02. The fraction of sp³-hybridized carbons (Fsp3) is 0.0833. The van der Waals surface area contributed by atoms with Crippen LogP contribution in [0.4, 0.5) is 4.39 Å². The first-order valence-corrected chi connectivity index (χ1v) is 4.68. The van der Waals surface area contributed by atoms with Crippen molar-refractivity contribution in [2.45, 2.75) is 6.92 Å². The first kappa shape index (κ1) is 16.0. The second kappa shape index (κ2) is 9.03. The topological polar surface area (TPSA) is 34.9 Å². The van der Waals surface area contributed by atoms with Gasteiger partial charge in [0.1, 0.15) is 6.41 Å². The number of benzene rings is 1. The van der Waals surface area contributed by atoms with Gasteiger partial charge in [0.25, 0.3) is 0 Å². The summed E-state index contributed by atoms with van der Waals surface area (Å²) in [5.41, 5.74) is 0.664. The third-order valence-corrected chi connectivity index (χ3v) is 1.83. The summed E-state index contributed by atoms with van der Waals surface area (Å²) in [5.74, 6) is -0.153. The molecular weight excluding hydrogens is 445 g/mol. The monoisotopic (exact) mass is 456 g/mol. The molecule has 1 aromatic carbocycles. The maximum atomic E-state index is 12.6. The molecule has 17 heavy (non-hydrogen) atoms. The molecule has 0 spiro atoms. The van der Waals surface area contributed by atoms with Gasteiger partial charge >= 0.3 is 31.1 Å². The number of nitrogens with zero attached hydrogens (tertiary/aromatic N) is 2. The van der Waals surface area contributed by atoms with Crippen LogP contribution in [-0.2, 0) is 4.79 Å². The van der Waals surface area contributed by atoms with Crippen LogP contribution in [0.2, 0.25) is 0 Å². The van der Waals surface area contributed by atoms with E-state index < -0.39 is 0 Å². The average molecular weight is 456 g/mol. The Morgan fingerprint density at radius 3 is 2.47 bits per heavy atom. The summed E-state index contributed by atoms with van der Waals surface area (Å²) in [5, 5.41) is 0. The Kier molecular flexibility index (Phi) is 8.47. The van der Waals surface area contributed by atoms with Crippen molar-refractivity contribution in [2.75, 3.05) is 0 Å². The molecule has 3 nitrogen and oxygen atoms in total. The molecule has 0 aliphatic rings. The molecule has 1 heterocycles. The maximum absolute atomic E-state index is 12.6. The minimum absolute atomic E-state index is 0. The minimum atomic E-state index is -0.153. The molecule has 0 aliphatic carbocycles. The van der Waals surface area contributed by atoms with Gasteiger partial charge < -0.3 is 14.3 Å². The maximum Gasteiger partial charge on any atom is 2.00 e. The molecular formula is C12H11FN2OU. The van der Waals surface area contributed by atoms with E-state index >= 15 is 0 Å². The van der Waals surface area contributed by atoms with Crippen molar-refractivity contribution in [1.29, 1.82) is 0 Å². The summed E-state index contributed by atoms with van der Waals surface area (Å²) in [4.78, 5) is 13.3. The number of hydrogen-bond donors (Lipinski definition) is 0. The third kappa shape index (κ3) is 5.71. The number of hydrogen-bond acceptors (Lipinski definition) is 2. The summed E-state index contributed by atoms with van der Waals surface area (Å²) in [6, 6.07) is 6.70. The van der Waals surface area contributed by atoms with E-state index in [1.165, 1.54) is 29.4 Å². The van der Waals surface area contributed by atoms with Crippen molar-refractivity contribution in [2.24, 2.45) is 0 Å². The molecule has 2 rings (SSSR count). The molecule has 0 bridgehead atoms. The summed E-state index contributed by atoms with van der Waals surface area (Å²) >= 11 is 0. The molecule has 0 atom stereocenters. The van der Waals surface area contributed by atoms with Gasteiger partial charge in [0.05, 0.1) is 0 Å². The van der Waals surface area contributed by atoms with E-state index in [2.05, 4.69) is 4.98 Å². The van der Waals surface area contributed by atoms with Crippen LogP contribution in [0.5, 0.6) is 0 Å². The van der Waals surface area contributed by atoms with Crippen molar-refractivity contribution in [3.05, 3.63) is 60.8 Å². The Morgan fingerprint density at radius 1 is 1.41 bits per heavy atom. The number of rotatable bonds is 2. The van der Waals surface area contributed by atoms with E-state index in [4.69, 9.17) is 0 Å². The molecule has 86 valence electrons. The molecule has 0 N–H and O–H groups in total. The summed E-state index contributed by atoms with van der Waals surface area (Å²) in [7, 11) is 0. The van der Waals surface area contributed by atoms with E-state index in [-0.39, 0.29) is 36.9 Å². The molecule has 0 aliphatic heterocycles. The molecule has 5 heteroatoms. The van der Waals surface area contributed by atoms with Gasteiger partial charge in [-0.05, 0) is 12.5 Å². The van der Waals surface area contributed by atoms with Gasteiger partial charge in [-0.25, -0.2) is 0 Å². The van der Waals surface area contributed by atoms with Crippen molar-refractivity contribution < 1.29 is 40.3 Å². The number of aromatic nitrogens is 2. The molecule has 2 aromatic rings. The van der Waals surface area contributed by atoms with Crippen LogP contribution in [0.25, 0.3) is 0 Å². The second-order valence-corrected chi connectivity index (χ2v) is 2.87. The fourth-order valence-corrected chi connectivity index (χ4v) is 1.02. The van der Waals surface area contributed by atoms with Gasteiger partial charge in [-0.2, -0.15) is 18.1 Å². The summed E-state index contributed by atoms with van der Waals surface area (Å²) < 4.78 is 13.8. The second-order valence-electron chi connectivity index (χ2n) is 2.87. The summed E-state index contributed by atoms with van der Waals surface area (Å²) in [6.45, 7) is 1.82. The molecule has 0 radical (unpaired) electrons. The van der Waals surface area contributed by atoms with E-state index in [1.807, 2.05) is 13.0 Å². The number of imidazole rings is 1. The standard InChI is InChI=1S/C8H8F.C4H3N2O.U/c1-2-7-5-3-4-6-8(7)9;7-4-6-2-1-5-3-6;/h2-6H,1H3;1-3H;/q2*-1;+2. The Morgan fingerprint density at radius 2 is 2.12 bits per heavy atom. The molecule has 0 unspecified atom stereocenters. The SMILES string of the molecule is C[CH-]c1ccccc1F.O=[C-]n1ccnc1.[U+2]. The minimum Gasteiger partial charge on any atom is -0.439 e. The van der Waals surface area contributed by atoms with E-state index in [0.29, 0.717) is 5.56 Å². The third-order valence-electron chi connectivity index (χ3n) is 1.83. The Balaban J connectivity index is 0.000000292. The van der Waals surface area contributed by atoms with Crippen molar-refractivity contribution >= 4 is 6.41 Å². The van der Waals surface area contributed by atoms with Crippen molar-refractivity contribution in [1.82, 2.24) is 9.55 Å². The van der Waals surface area contributed by atoms with Crippen LogP contribution in [0, 0.1) is 43.4 Å². The zero-order valence-electron chi connectivity index (χ0n) is 9.30. The molecule has 0 saturated heterocycles. The van der Waals surface area contributed by atoms with Crippen molar-refractivity contribution in [3.63, 3.8) is 0 Å². The predicted molar refractivity (Wildman–Crippen MR) is 58.8 cm³/mol. The van der Waals surface area contributed by atoms with Gasteiger partial charge in [0.15, 0.2) is 0 Å². The van der Waals surface area contributed by atoms with Crippen LogP contribution in [-0.4, -0.2) is 16.0 Å². The van der Waals surface area contributed by atoms with Gasteiger partial charge in [-0.1, -0.05) is 25.3 Å². The van der Waals surface area contributed by atoms with Crippen LogP contribution in [0.1, 0.15) is 12.5 Å². The van der Waals surface area contributed by atoms with Crippen molar-refractivity contribution in [3.8, 4) is 0 Å². The summed E-state index contributed by atoms with van der Waals surface area (Å²) in [6.07, 6.45) is 7.78. The average Bonchev–Trinajstić information content (AvgIpc) is 2.83. The van der Waals surface area contributed by atoms with E-state index in [0.717, 1.165) is 0 Å². The normalized spacial score (nSPS) is 8.35. The van der Waals surface area contributed by atoms with Gasteiger partial charge in [-0.15, -0.1) is 6.07 Å². The van der Waals surface area contributed by atoms with Gasteiger partial charge in [-0.3, -0.25) is 4.39 Å². The molecule has 0 amide bonds. The smallest absolute Gasteiger partial charge is 0.439 e. The predicted octanol–water partition coefficient (Wildman–Crippen LogP) is 2.20. The molecule has 0 fully saturated rings. The quantitative estimate of drug-likeness (QED) is 0.650. The first-order chi connectivity index (χ1) is 7.77. The van der Waals surface area contributed by atoms with E-state index in [9.17, 15) is 9.18 Å². The zero-order chi connectivity index (χ0) is 11.8. The number of carbonyl (C=O) groups excluding carboxylic acids is 1. The Labute approximate surface area is 123 Å². The first-order valence-electron chi connectivity index (χ1n) is 4.68. The molecule has 0 saturated carbocycles. The van der Waals surface area contributed by atoms with Crippen LogP contribution < -0.4 is 0 Å².